The molecule has 0 fully saturated rings. The van der Waals surface area contributed by atoms with Gasteiger partial charge in [-0.25, -0.2) is 9.59 Å². The molecule has 0 atom stereocenters. The standard InChI is InChI=1S/C29H46N6O2/c1-5-7-9-17-34(3)22-30-28(36)32-26-15-11-13-24(20-26)19-25-14-12-16-27(21-25)33-29(37)31-23-35(4)18-10-8-6-2/h11-16,20-21H,5-10,17-19,22-23H2,1-4H3,(H2,30,32,36)(H2,31,33,37). The molecule has 0 saturated heterocycles. The molecule has 0 aromatic heterocycles. The Balaban J connectivity index is 1.82. The van der Waals surface area contributed by atoms with Crippen molar-refractivity contribution < 1.29 is 9.59 Å². The molecular weight excluding hydrogens is 464 g/mol. The number of carbonyl (C=O) groups is 2. The predicted octanol–water partition coefficient (Wildman–Crippen LogP) is 5.68. The zero-order valence-corrected chi connectivity index (χ0v) is 23.1. The van der Waals surface area contributed by atoms with E-state index >= 15 is 0 Å². The molecule has 37 heavy (non-hydrogen) atoms. The summed E-state index contributed by atoms with van der Waals surface area (Å²) in [5, 5.41) is 11.7. The maximum absolute atomic E-state index is 12.3. The van der Waals surface area contributed by atoms with E-state index in [2.05, 4.69) is 44.9 Å². The van der Waals surface area contributed by atoms with Gasteiger partial charge in [-0.05, 0) is 81.8 Å². The summed E-state index contributed by atoms with van der Waals surface area (Å²) in [6.45, 7) is 7.33. The fraction of sp³-hybridized carbons (Fsp3) is 0.517. The quantitative estimate of drug-likeness (QED) is 0.173. The van der Waals surface area contributed by atoms with Crippen LogP contribution >= 0.6 is 0 Å². The van der Waals surface area contributed by atoms with Crippen LogP contribution in [0.1, 0.15) is 63.5 Å². The van der Waals surface area contributed by atoms with Crippen molar-refractivity contribution in [1.29, 1.82) is 0 Å². The summed E-state index contributed by atoms with van der Waals surface area (Å²) in [6.07, 6.45) is 7.73. The average molecular weight is 511 g/mol. The molecule has 0 heterocycles. The number of amides is 4. The van der Waals surface area contributed by atoms with Gasteiger partial charge in [0.2, 0.25) is 0 Å². The lowest BCUT2D eigenvalue weighted by Crippen LogP contribution is -2.38. The lowest BCUT2D eigenvalue weighted by atomic mass is 10.0. The van der Waals surface area contributed by atoms with Crippen LogP contribution in [0.2, 0.25) is 0 Å². The molecule has 0 unspecified atom stereocenters. The zero-order chi connectivity index (χ0) is 26.9. The first-order chi connectivity index (χ1) is 17.9. The van der Waals surface area contributed by atoms with Crippen molar-refractivity contribution in [2.24, 2.45) is 0 Å². The highest BCUT2D eigenvalue weighted by Gasteiger charge is 2.07. The van der Waals surface area contributed by atoms with Crippen LogP contribution in [0.5, 0.6) is 0 Å². The lowest BCUT2D eigenvalue weighted by Gasteiger charge is -2.17. The van der Waals surface area contributed by atoms with Crippen molar-refractivity contribution in [2.75, 3.05) is 51.2 Å². The summed E-state index contributed by atoms with van der Waals surface area (Å²) >= 11 is 0. The van der Waals surface area contributed by atoms with Crippen molar-refractivity contribution in [2.45, 2.75) is 58.8 Å². The molecule has 0 bridgehead atoms. The van der Waals surface area contributed by atoms with E-state index in [-0.39, 0.29) is 12.1 Å². The first-order valence-electron chi connectivity index (χ1n) is 13.5. The second-order valence-electron chi connectivity index (χ2n) is 9.73. The fourth-order valence-corrected chi connectivity index (χ4v) is 3.94. The Morgan fingerprint density at radius 2 is 1.11 bits per heavy atom. The third-order valence-corrected chi connectivity index (χ3v) is 6.08. The van der Waals surface area contributed by atoms with Gasteiger partial charge in [-0.3, -0.25) is 9.80 Å². The molecule has 0 aliphatic heterocycles. The summed E-state index contributed by atoms with van der Waals surface area (Å²) in [5.74, 6) is 0. The zero-order valence-electron chi connectivity index (χ0n) is 23.1. The third-order valence-electron chi connectivity index (χ3n) is 6.08. The number of carbonyl (C=O) groups excluding carboxylic acids is 2. The van der Waals surface area contributed by atoms with E-state index in [9.17, 15) is 9.59 Å². The highest BCUT2D eigenvalue weighted by molar-refractivity contribution is 5.89. The number of hydrogen-bond donors (Lipinski definition) is 4. The second-order valence-corrected chi connectivity index (χ2v) is 9.73. The number of nitrogens with one attached hydrogen (secondary N) is 4. The minimum absolute atomic E-state index is 0.215. The Hall–Kier alpha value is -3.10. The highest BCUT2D eigenvalue weighted by atomic mass is 16.2. The molecule has 2 rings (SSSR count). The number of nitrogens with zero attached hydrogens (tertiary/aromatic N) is 2. The van der Waals surface area contributed by atoms with Gasteiger partial charge in [0, 0.05) is 11.4 Å². The van der Waals surface area contributed by atoms with E-state index in [4.69, 9.17) is 0 Å². The first kappa shape index (κ1) is 30.1. The van der Waals surface area contributed by atoms with Gasteiger partial charge in [0.1, 0.15) is 0 Å². The van der Waals surface area contributed by atoms with Crippen LogP contribution in [0.15, 0.2) is 48.5 Å². The van der Waals surface area contributed by atoms with Gasteiger partial charge < -0.3 is 21.3 Å². The Labute approximate surface area is 223 Å². The van der Waals surface area contributed by atoms with Crippen LogP contribution in [0.3, 0.4) is 0 Å². The van der Waals surface area contributed by atoms with Gasteiger partial charge in [-0.15, -0.1) is 0 Å². The van der Waals surface area contributed by atoms with E-state index in [1.165, 1.54) is 25.7 Å². The van der Waals surface area contributed by atoms with Gasteiger partial charge in [-0.2, -0.15) is 0 Å². The first-order valence-corrected chi connectivity index (χ1v) is 13.5. The Morgan fingerprint density at radius 1 is 0.676 bits per heavy atom. The van der Waals surface area contributed by atoms with Gasteiger partial charge >= 0.3 is 12.1 Å². The molecule has 4 amide bonds. The molecule has 0 radical (unpaired) electrons. The molecule has 2 aromatic carbocycles. The summed E-state index contributed by atoms with van der Waals surface area (Å²) < 4.78 is 0. The van der Waals surface area contributed by atoms with E-state index in [1.807, 2.05) is 62.6 Å². The lowest BCUT2D eigenvalue weighted by molar-refractivity contribution is 0.239. The van der Waals surface area contributed by atoms with Gasteiger partial charge in [0.15, 0.2) is 0 Å². The molecule has 0 spiro atoms. The smallest absolute Gasteiger partial charge is 0.320 e. The van der Waals surface area contributed by atoms with E-state index in [1.54, 1.807) is 0 Å². The van der Waals surface area contributed by atoms with Crippen molar-refractivity contribution >= 4 is 23.4 Å². The molecule has 0 aliphatic rings. The molecule has 204 valence electrons. The van der Waals surface area contributed by atoms with Crippen LogP contribution in [-0.2, 0) is 6.42 Å². The van der Waals surface area contributed by atoms with Crippen molar-refractivity contribution in [1.82, 2.24) is 20.4 Å². The van der Waals surface area contributed by atoms with Crippen molar-refractivity contribution in [3.05, 3.63) is 59.7 Å². The Kier molecular flexibility index (Phi) is 14.1. The third kappa shape index (κ3) is 13.1. The summed E-state index contributed by atoms with van der Waals surface area (Å²) in [6, 6.07) is 15.2. The van der Waals surface area contributed by atoms with E-state index in [0.29, 0.717) is 19.8 Å². The van der Waals surface area contributed by atoms with E-state index < -0.39 is 0 Å². The molecule has 8 nitrogen and oxygen atoms in total. The fourth-order valence-electron chi connectivity index (χ4n) is 3.94. The van der Waals surface area contributed by atoms with Crippen LogP contribution in [0.4, 0.5) is 21.0 Å². The number of hydrogen-bond acceptors (Lipinski definition) is 4. The highest BCUT2D eigenvalue weighted by Crippen LogP contribution is 2.17. The second kappa shape index (κ2) is 17.4. The maximum atomic E-state index is 12.3. The molecular formula is C29H46N6O2. The molecule has 0 saturated carbocycles. The Bertz CT molecular complexity index is 876. The van der Waals surface area contributed by atoms with Crippen molar-refractivity contribution in [3.8, 4) is 0 Å². The molecule has 8 heteroatoms. The molecule has 0 aliphatic carbocycles. The van der Waals surface area contributed by atoms with Gasteiger partial charge in [-0.1, -0.05) is 63.8 Å². The average Bonchev–Trinajstić information content (AvgIpc) is 2.87. The SMILES string of the molecule is CCCCCN(C)CNC(=O)Nc1cccc(Cc2cccc(NC(=O)NCN(C)CCCCC)c2)c1. The Morgan fingerprint density at radius 3 is 1.51 bits per heavy atom. The van der Waals surface area contributed by atoms with Crippen LogP contribution in [-0.4, -0.2) is 62.4 Å². The molecule has 2 aromatic rings. The summed E-state index contributed by atoms with van der Waals surface area (Å²) in [5.41, 5.74) is 3.65. The molecule has 4 N–H and O–H groups in total. The van der Waals surface area contributed by atoms with Crippen LogP contribution in [0.25, 0.3) is 0 Å². The number of anilines is 2. The number of rotatable bonds is 16. The predicted molar refractivity (Wildman–Crippen MR) is 154 cm³/mol. The maximum Gasteiger partial charge on any atom is 0.320 e. The van der Waals surface area contributed by atoms with Crippen LogP contribution < -0.4 is 21.3 Å². The van der Waals surface area contributed by atoms with Crippen molar-refractivity contribution in [3.63, 3.8) is 0 Å². The van der Waals surface area contributed by atoms with Crippen LogP contribution in [0, 0.1) is 0 Å². The monoisotopic (exact) mass is 510 g/mol. The van der Waals surface area contributed by atoms with Gasteiger partial charge in [0.25, 0.3) is 0 Å². The normalized spacial score (nSPS) is 11.0. The minimum Gasteiger partial charge on any atom is -0.325 e. The van der Waals surface area contributed by atoms with Gasteiger partial charge in [0.05, 0.1) is 13.3 Å². The van der Waals surface area contributed by atoms with E-state index in [0.717, 1.165) is 48.4 Å². The number of urea groups is 2. The minimum atomic E-state index is -0.215. The number of benzene rings is 2. The summed E-state index contributed by atoms with van der Waals surface area (Å²) in [7, 11) is 4.02. The largest absolute Gasteiger partial charge is 0.325 e. The number of unbranched alkanes of at least 4 members (excludes halogenated alkanes) is 4. The summed E-state index contributed by atoms with van der Waals surface area (Å²) in [4.78, 5) is 28.9. The topological polar surface area (TPSA) is 88.7 Å².